The van der Waals surface area contributed by atoms with E-state index in [-0.39, 0.29) is 53.2 Å². The molecule has 0 unspecified atom stereocenters. The molecule has 1 saturated carbocycles. The summed E-state index contributed by atoms with van der Waals surface area (Å²) in [4.78, 5) is 58.6. The van der Waals surface area contributed by atoms with Gasteiger partial charge in [0, 0.05) is 91.1 Å². The molecule has 4 aliphatic heterocycles. The first kappa shape index (κ1) is 39.9. The van der Waals surface area contributed by atoms with Crippen molar-refractivity contribution in [1.82, 2.24) is 30.5 Å². The van der Waals surface area contributed by atoms with Gasteiger partial charge in [-0.15, -0.1) is 5.10 Å². The third-order valence-corrected chi connectivity index (χ3v) is 14.2. The number of hydrogen-bond acceptors (Lipinski definition) is 11. The van der Waals surface area contributed by atoms with Crippen LogP contribution in [0.4, 0.5) is 11.4 Å². The van der Waals surface area contributed by atoms with Gasteiger partial charge in [-0.3, -0.25) is 29.4 Å². The van der Waals surface area contributed by atoms with E-state index in [0.717, 1.165) is 68.0 Å². The van der Waals surface area contributed by atoms with Crippen molar-refractivity contribution >= 4 is 51.6 Å². The third kappa shape index (κ3) is 7.05. The summed E-state index contributed by atoms with van der Waals surface area (Å²) >= 11 is 6.27. The van der Waals surface area contributed by atoms with Gasteiger partial charge in [-0.2, -0.15) is 9.94 Å². The molecule has 2 bridgehead atoms. The van der Waals surface area contributed by atoms with Crippen LogP contribution in [0.25, 0.3) is 10.9 Å². The van der Waals surface area contributed by atoms with Crippen LogP contribution in [0.15, 0.2) is 65.5 Å². The summed E-state index contributed by atoms with van der Waals surface area (Å²) in [5.74, 6) is 0.222. The molecule has 5 fully saturated rings. The van der Waals surface area contributed by atoms with E-state index in [4.69, 9.17) is 16.3 Å². The SMILES string of the molecule is CC1(C)C(NC(=O)c2ccc(N3C[C@H]4C[C@@H]3CN4CC3CCN(c4ccc5nnn([C@@H]6CCC(=O)NC6=O)c(=O)c5c4)CC3)cc2)C(C)(C)C1Oc1ccc(C#N)c(Cl)c1. The first-order chi connectivity index (χ1) is 28.7. The van der Waals surface area contributed by atoms with Crippen LogP contribution >= 0.6 is 11.6 Å². The van der Waals surface area contributed by atoms with Crippen molar-refractivity contribution in [2.45, 2.75) is 90.1 Å². The van der Waals surface area contributed by atoms with Crippen LogP contribution in [0.1, 0.15) is 81.8 Å². The Labute approximate surface area is 353 Å². The van der Waals surface area contributed by atoms with Gasteiger partial charge in [-0.05, 0) is 86.2 Å². The van der Waals surface area contributed by atoms with Gasteiger partial charge in [0.2, 0.25) is 5.91 Å². The Balaban J connectivity index is 0.762. The number of piperidine rings is 2. The highest BCUT2D eigenvalue weighted by Crippen LogP contribution is 2.55. The summed E-state index contributed by atoms with van der Waals surface area (Å²) < 4.78 is 7.51. The molecule has 1 aromatic heterocycles. The number of imide groups is 1. The molecule has 3 amide bonds. The topological polar surface area (TPSA) is 166 Å². The largest absolute Gasteiger partial charge is 0.489 e. The lowest BCUT2D eigenvalue weighted by molar-refractivity contribution is -0.164. The average molecular weight is 832 g/mol. The second kappa shape index (κ2) is 15.2. The van der Waals surface area contributed by atoms with E-state index in [1.54, 1.807) is 18.2 Å². The second-order valence-electron chi connectivity index (χ2n) is 18.4. The number of nitrogens with one attached hydrogen (secondary N) is 2. The molecule has 14 nitrogen and oxygen atoms in total. The maximum atomic E-state index is 13.6. The fourth-order valence-corrected chi connectivity index (χ4v) is 11.2. The first-order valence-electron chi connectivity index (χ1n) is 21.0. The molecule has 0 radical (unpaired) electrons. The van der Waals surface area contributed by atoms with Crippen molar-refractivity contribution in [3.8, 4) is 11.8 Å². The molecule has 4 saturated heterocycles. The standard InChI is InChI=1S/C45H50ClN9O5/c1-44(2)42(45(3,4)43(44)60-33-11-7-28(22-47)35(46)21-33)49-39(57)27-5-8-29(9-6-27)54-25-31-19-32(54)24-53(31)23-26-15-17-52(18-16-26)30-10-12-36-34(20-30)41(59)55(51-50-36)37-13-14-38(56)48-40(37)58/h5-12,20-21,26,31-32,37,42-43H,13-19,23-25H2,1-4H3,(H,49,57)(H,48,56,58)/t31-,32-,37-,42?,43?/m1/s1. The Kier molecular flexibility index (Phi) is 10.1. The van der Waals surface area contributed by atoms with Crippen LogP contribution in [-0.4, -0.2) is 94.6 Å². The summed E-state index contributed by atoms with van der Waals surface area (Å²) in [6, 6.07) is 20.9. The number of halogens is 1. The van der Waals surface area contributed by atoms with Crippen LogP contribution in [0.3, 0.4) is 0 Å². The van der Waals surface area contributed by atoms with Crippen LogP contribution in [0.2, 0.25) is 5.02 Å². The number of likely N-dealkylation sites (tertiary alicyclic amines) is 1. The molecule has 5 aliphatic rings. The van der Waals surface area contributed by atoms with E-state index in [9.17, 15) is 24.4 Å². The number of benzene rings is 3. The van der Waals surface area contributed by atoms with Gasteiger partial charge in [-0.1, -0.05) is 44.5 Å². The van der Waals surface area contributed by atoms with Gasteiger partial charge in [0.15, 0.2) is 0 Å². The predicted molar refractivity (Wildman–Crippen MR) is 227 cm³/mol. The number of fused-ring (bicyclic) bond motifs is 3. The van der Waals surface area contributed by atoms with E-state index in [1.807, 2.05) is 30.3 Å². The van der Waals surface area contributed by atoms with Crippen molar-refractivity contribution in [2.75, 3.05) is 42.5 Å². The maximum Gasteiger partial charge on any atom is 0.278 e. The molecule has 5 heterocycles. The molecule has 1 aliphatic carbocycles. The molecular weight excluding hydrogens is 782 g/mol. The highest BCUT2D eigenvalue weighted by atomic mass is 35.5. The molecular formula is C45H50ClN9O5. The Hall–Kier alpha value is -5.52. The van der Waals surface area contributed by atoms with Crippen molar-refractivity contribution in [1.29, 1.82) is 5.26 Å². The van der Waals surface area contributed by atoms with E-state index < -0.39 is 11.9 Å². The van der Waals surface area contributed by atoms with Crippen molar-refractivity contribution in [3.05, 3.63) is 87.2 Å². The molecule has 3 aromatic carbocycles. The van der Waals surface area contributed by atoms with Crippen molar-refractivity contribution in [2.24, 2.45) is 16.7 Å². The summed E-state index contributed by atoms with van der Waals surface area (Å²) in [6.07, 6.45) is 3.46. The quantitative estimate of drug-likeness (QED) is 0.216. The Morgan fingerprint density at radius 3 is 2.35 bits per heavy atom. The van der Waals surface area contributed by atoms with Crippen molar-refractivity contribution in [3.63, 3.8) is 0 Å². The molecule has 4 aromatic rings. The lowest BCUT2D eigenvalue weighted by Gasteiger charge is -2.63. The van der Waals surface area contributed by atoms with Crippen LogP contribution in [0, 0.1) is 28.1 Å². The van der Waals surface area contributed by atoms with E-state index in [2.05, 4.69) is 81.5 Å². The zero-order valence-electron chi connectivity index (χ0n) is 34.4. The molecule has 3 atom stereocenters. The summed E-state index contributed by atoms with van der Waals surface area (Å²) in [5.41, 5.74) is 2.55. The van der Waals surface area contributed by atoms with Gasteiger partial charge >= 0.3 is 0 Å². The van der Waals surface area contributed by atoms with Crippen LogP contribution in [-0.2, 0) is 9.59 Å². The number of aromatic nitrogens is 3. The number of anilines is 2. The fourth-order valence-electron chi connectivity index (χ4n) is 11.0. The summed E-state index contributed by atoms with van der Waals surface area (Å²) in [5, 5.41) is 23.8. The Bertz CT molecular complexity index is 2460. The van der Waals surface area contributed by atoms with E-state index >= 15 is 0 Å². The molecule has 15 heteroatoms. The highest BCUT2D eigenvalue weighted by molar-refractivity contribution is 6.31. The molecule has 0 spiro atoms. The highest BCUT2D eigenvalue weighted by Gasteiger charge is 2.64. The number of nitrogens with zero attached hydrogens (tertiary/aromatic N) is 7. The number of hydrogen-bond donors (Lipinski definition) is 2. The third-order valence-electron chi connectivity index (χ3n) is 13.9. The monoisotopic (exact) mass is 831 g/mol. The zero-order chi connectivity index (χ0) is 42.1. The number of amides is 3. The van der Waals surface area contributed by atoms with Gasteiger partial charge < -0.3 is 19.9 Å². The van der Waals surface area contributed by atoms with Gasteiger partial charge in [-0.25, -0.2) is 0 Å². The van der Waals surface area contributed by atoms with Crippen LogP contribution < -0.4 is 30.7 Å². The zero-order valence-corrected chi connectivity index (χ0v) is 35.1. The molecule has 2 N–H and O–H groups in total. The number of rotatable bonds is 9. The normalized spacial score (nSPS) is 26.1. The van der Waals surface area contributed by atoms with Crippen LogP contribution in [0.5, 0.6) is 5.75 Å². The lowest BCUT2D eigenvalue weighted by atomic mass is 9.49. The minimum atomic E-state index is -0.849. The number of carbonyl (C=O) groups excluding carboxylic acids is 3. The minimum Gasteiger partial charge on any atom is -0.489 e. The van der Waals surface area contributed by atoms with Gasteiger partial charge in [0.1, 0.15) is 29.5 Å². The second-order valence-corrected chi connectivity index (χ2v) is 18.8. The number of carbonyl (C=O) groups is 3. The van der Waals surface area contributed by atoms with Gasteiger partial charge in [0.05, 0.1) is 16.0 Å². The van der Waals surface area contributed by atoms with Crippen molar-refractivity contribution < 1.29 is 19.1 Å². The molecule has 312 valence electrons. The van der Waals surface area contributed by atoms with E-state index in [1.165, 1.54) is 0 Å². The smallest absolute Gasteiger partial charge is 0.278 e. The summed E-state index contributed by atoms with van der Waals surface area (Å²) in [6.45, 7) is 13.3. The Morgan fingerprint density at radius 2 is 1.68 bits per heavy atom. The number of piperazine rings is 1. The minimum absolute atomic E-state index is 0.101. The molecule has 60 heavy (non-hydrogen) atoms. The lowest BCUT2D eigenvalue weighted by Crippen LogP contribution is -2.74. The van der Waals surface area contributed by atoms with Gasteiger partial charge in [0.25, 0.3) is 17.4 Å². The first-order valence-corrected chi connectivity index (χ1v) is 21.3. The predicted octanol–water partition coefficient (Wildman–Crippen LogP) is 5.09. The number of nitriles is 1. The average Bonchev–Trinajstić information content (AvgIpc) is 3.84. The summed E-state index contributed by atoms with van der Waals surface area (Å²) in [7, 11) is 0. The molecule has 9 rings (SSSR count). The maximum absolute atomic E-state index is 13.6. The fraction of sp³-hybridized carbons (Fsp3) is 0.489. The number of ether oxygens (including phenoxy) is 1. The Morgan fingerprint density at radius 1 is 0.950 bits per heavy atom. The van der Waals surface area contributed by atoms with E-state index in [0.29, 0.717) is 50.8 Å².